The van der Waals surface area contributed by atoms with E-state index < -0.39 is 6.10 Å². The normalized spacial score (nSPS) is 12.3. The van der Waals surface area contributed by atoms with Gasteiger partial charge in [0.2, 0.25) is 0 Å². The van der Waals surface area contributed by atoms with Gasteiger partial charge in [-0.15, -0.1) is 0 Å². The maximum Gasteiger partial charge on any atom is 0.138 e. The number of hydrogen-bond acceptors (Lipinski definition) is 5. The van der Waals surface area contributed by atoms with Gasteiger partial charge in [0.05, 0.1) is 12.7 Å². The van der Waals surface area contributed by atoms with Crippen molar-refractivity contribution >= 4 is 11.0 Å². The molecule has 6 heteroatoms. The molecule has 2 aromatic heterocycles. The first-order valence-corrected chi connectivity index (χ1v) is 9.49. The molecule has 6 nitrogen and oxygen atoms in total. The van der Waals surface area contributed by atoms with Gasteiger partial charge in [-0.1, -0.05) is 30.3 Å². The van der Waals surface area contributed by atoms with Crippen LogP contribution in [0.1, 0.15) is 22.9 Å². The molecule has 2 aromatic carbocycles. The zero-order chi connectivity index (χ0) is 20.2. The van der Waals surface area contributed by atoms with E-state index in [1.807, 2.05) is 36.4 Å². The van der Waals surface area contributed by atoms with E-state index in [0.29, 0.717) is 13.1 Å². The van der Waals surface area contributed by atoms with Gasteiger partial charge in [0, 0.05) is 35.9 Å². The van der Waals surface area contributed by atoms with E-state index in [1.165, 1.54) is 0 Å². The number of phenolic OH excluding ortho intramolecular Hbond substituents is 1. The molecule has 0 spiro atoms. The Kier molecular flexibility index (Phi) is 5.57. The molecule has 5 N–H and O–H groups in total. The Morgan fingerprint density at radius 1 is 1.03 bits per heavy atom. The zero-order valence-corrected chi connectivity index (χ0v) is 15.8. The van der Waals surface area contributed by atoms with Crippen LogP contribution in [0.5, 0.6) is 5.75 Å². The van der Waals surface area contributed by atoms with Crippen LogP contribution in [-0.4, -0.2) is 31.8 Å². The molecule has 29 heavy (non-hydrogen) atoms. The molecule has 0 fully saturated rings. The summed E-state index contributed by atoms with van der Waals surface area (Å²) in [6.45, 7) is 0.870. The number of aliphatic hydroxyl groups is 2. The number of fused-ring (bicyclic) bond motifs is 1. The fourth-order valence-corrected chi connectivity index (χ4v) is 3.51. The first kappa shape index (κ1) is 19.1. The minimum absolute atomic E-state index is 0.0130. The largest absolute Gasteiger partial charge is 0.508 e. The van der Waals surface area contributed by atoms with E-state index in [4.69, 9.17) is 0 Å². The number of phenols is 1. The number of pyridine rings is 1. The van der Waals surface area contributed by atoms with Gasteiger partial charge < -0.3 is 25.6 Å². The fourth-order valence-electron chi connectivity index (χ4n) is 3.51. The molecule has 0 aliphatic rings. The van der Waals surface area contributed by atoms with E-state index in [0.717, 1.165) is 39.0 Å². The van der Waals surface area contributed by atoms with Crippen molar-refractivity contribution in [3.8, 4) is 16.9 Å². The van der Waals surface area contributed by atoms with Crippen LogP contribution in [0.2, 0.25) is 0 Å². The van der Waals surface area contributed by atoms with Crippen LogP contribution in [0.3, 0.4) is 0 Å². The van der Waals surface area contributed by atoms with E-state index in [1.54, 1.807) is 30.5 Å². The highest BCUT2D eigenvalue weighted by atomic mass is 16.3. The van der Waals surface area contributed by atoms with Crippen molar-refractivity contribution in [2.24, 2.45) is 0 Å². The maximum absolute atomic E-state index is 10.4. The molecule has 1 unspecified atom stereocenters. The third kappa shape index (κ3) is 4.14. The molecule has 0 aliphatic heterocycles. The first-order chi connectivity index (χ1) is 14.2. The topological polar surface area (TPSA) is 101 Å². The maximum atomic E-state index is 10.4. The summed E-state index contributed by atoms with van der Waals surface area (Å²) in [5.41, 5.74) is 5.40. The van der Waals surface area contributed by atoms with E-state index in [2.05, 4.69) is 15.3 Å². The molecule has 0 amide bonds. The quantitative estimate of drug-likeness (QED) is 0.334. The van der Waals surface area contributed by atoms with Gasteiger partial charge in [-0.05, 0) is 47.0 Å². The van der Waals surface area contributed by atoms with E-state index >= 15 is 0 Å². The Morgan fingerprint density at radius 3 is 2.66 bits per heavy atom. The lowest BCUT2D eigenvalue weighted by Crippen LogP contribution is -2.21. The number of aromatic amines is 1. The number of hydrogen-bond donors (Lipinski definition) is 5. The monoisotopic (exact) mass is 389 g/mol. The highest BCUT2D eigenvalue weighted by molar-refractivity contribution is 5.95. The number of aromatic nitrogens is 2. The Hall–Kier alpha value is -3.19. The molecule has 0 bridgehead atoms. The lowest BCUT2D eigenvalue weighted by atomic mass is 10.0. The molecule has 0 saturated carbocycles. The average molecular weight is 389 g/mol. The molecular weight excluding hydrogens is 366 g/mol. The van der Waals surface area contributed by atoms with Crippen molar-refractivity contribution in [1.82, 2.24) is 15.3 Å². The van der Waals surface area contributed by atoms with Gasteiger partial charge in [-0.3, -0.25) is 0 Å². The van der Waals surface area contributed by atoms with Crippen LogP contribution in [0.15, 0.2) is 66.9 Å². The molecule has 148 valence electrons. The molecule has 0 saturated heterocycles. The molecule has 4 rings (SSSR count). The second-order valence-corrected chi connectivity index (χ2v) is 6.97. The van der Waals surface area contributed by atoms with Crippen LogP contribution in [-0.2, 0) is 13.2 Å². The molecule has 4 aromatic rings. The van der Waals surface area contributed by atoms with Crippen molar-refractivity contribution in [3.63, 3.8) is 0 Å². The predicted octanol–water partition coefficient (Wildman–Crippen LogP) is 3.25. The summed E-state index contributed by atoms with van der Waals surface area (Å²) in [5, 5.41) is 33.6. The lowest BCUT2D eigenvalue weighted by Gasteiger charge is -2.13. The first-order valence-electron chi connectivity index (χ1n) is 9.49. The zero-order valence-electron chi connectivity index (χ0n) is 15.8. The minimum atomic E-state index is -0.681. The number of nitrogens with zero attached hydrogens (tertiary/aromatic N) is 1. The van der Waals surface area contributed by atoms with Gasteiger partial charge in [0.1, 0.15) is 11.4 Å². The van der Waals surface area contributed by atoms with Gasteiger partial charge >= 0.3 is 0 Å². The van der Waals surface area contributed by atoms with Gasteiger partial charge in [0.15, 0.2) is 0 Å². The van der Waals surface area contributed by atoms with Crippen molar-refractivity contribution in [1.29, 1.82) is 0 Å². The molecule has 2 heterocycles. The smallest absolute Gasteiger partial charge is 0.138 e. The fraction of sp³-hybridized carbons (Fsp3) is 0.174. The number of aliphatic hydroxyl groups excluding tert-OH is 2. The van der Waals surface area contributed by atoms with Gasteiger partial charge in [-0.2, -0.15) is 0 Å². The third-order valence-corrected chi connectivity index (χ3v) is 4.96. The van der Waals surface area contributed by atoms with Crippen LogP contribution < -0.4 is 5.32 Å². The third-order valence-electron chi connectivity index (χ3n) is 4.96. The SMILES string of the molecule is OCc1cccc(-c2c(CNCC(O)c3ccc(O)cc3)[nH]c3ncccc23)c1. The van der Waals surface area contributed by atoms with Crippen molar-refractivity contribution in [2.45, 2.75) is 19.3 Å². The standard InChI is InChI=1S/C23H23N3O3/c27-14-15-3-1-4-17(11-15)22-19-5-2-10-25-23(19)26-20(22)12-24-13-21(29)16-6-8-18(28)9-7-16/h1-11,21,24,27-29H,12-14H2,(H,25,26). The van der Waals surface area contributed by atoms with Crippen molar-refractivity contribution < 1.29 is 15.3 Å². The molecule has 0 radical (unpaired) electrons. The second kappa shape index (κ2) is 8.45. The van der Waals surface area contributed by atoms with Crippen LogP contribution in [0, 0.1) is 0 Å². The summed E-state index contributed by atoms with van der Waals surface area (Å²) in [5.74, 6) is 0.175. The number of nitrogens with one attached hydrogen (secondary N) is 2. The Balaban J connectivity index is 1.57. The van der Waals surface area contributed by atoms with Gasteiger partial charge in [-0.25, -0.2) is 4.98 Å². The second-order valence-electron chi connectivity index (χ2n) is 6.97. The summed E-state index contributed by atoms with van der Waals surface area (Å²) >= 11 is 0. The lowest BCUT2D eigenvalue weighted by molar-refractivity contribution is 0.174. The van der Waals surface area contributed by atoms with Crippen LogP contribution in [0.25, 0.3) is 22.2 Å². The van der Waals surface area contributed by atoms with E-state index in [-0.39, 0.29) is 12.4 Å². The number of H-pyrrole nitrogens is 1. The Labute approximate surface area is 168 Å². The average Bonchev–Trinajstić information content (AvgIpc) is 3.12. The molecule has 1 atom stereocenters. The van der Waals surface area contributed by atoms with Crippen LogP contribution >= 0.6 is 0 Å². The summed E-state index contributed by atoms with van der Waals surface area (Å²) < 4.78 is 0. The minimum Gasteiger partial charge on any atom is -0.508 e. The van der Waals surface area contributed by atoms with Crippen molar-refractivity contribution in [3.05, 3.63) is 83.7 Å². The summed E-state index contributed by atoms with van der Waals surface area (Å²) in [6.07, 6.45) is 1.07. The summed E-state index contributed by atoms with van der Waals surface area (Å²) in [6, 6.07) is 18.3. The Bertz CT molecular complexity index is 1110. The summed E-state index contributed by atoms with van der Waals surface area (Å²) in [7, 11) is 0. The van der Waals surface area contributed by atoms with Crippen molar-refractivity contribution in [2.75, 3.05) is 6.54 Å². The predicted molar refractivity (Wildman–Crippen MR) is 112 cm³/mol. The molecular formula is C23H23N3O3. The number of benzene rings is 2. The van der Waals surface area contributed by atoms with E-state index in [9.17, 15) is 15.3 Å². The Morgan fingerprint density at radius 2 is 1.86 bits per heavy atom. The number of aromatic hydroxyl groups is 1. The summed E-state index contributed by atoms with van der Waals surface area (Å²) in [4.78, 5) is 7.79. The van der Waals surface area contributed by atoms with Crippen LogP contribution in [0.4, 0.5) is 0 Å². The highest BCUT2D eigenvalue weighted by Gasteiger charge is 2.15. The molecule has 0 aliphatic carbocycles. The van der Waals surface area contributed by atoms with Gasteiger partial charge in [0.25, 0.3) is 0 Å². The number of rotatable bonds is 7. The highest BCUT2D eigenvalue weighted by Crippen LogP contribution is 2.32.